The third kappa shape index (κ3) is 2.70. The highest BCUT2D eigenvalue weighted by molar-refractivity contribution is 5.93. The van der Waals surface area contributed by atoms with Gasteiger partial charge in [-0.25, -0.2) is 4.79 Å². The number of nitrogens with zero attached hydrogens (tertiary/aromatic N) is 1. The van der Waals surface area contributed by atoms with Crippen LogP contribution in [0.3, 0.4) is 0 Å². The van der Waals surface area contributed by atoms with Crippen molar-refractivity contribution in [3.05, 3.63) is 23.7 Å². The van der Waals surface area contributed by atoms with E-state index in [0.29, 0.717) is 19.1 Å². The van der Waals surface area contributed by atoms with Crippen molar-refractivity contribution >= 4 is 11.9 Å². The molecule has 6 heteroatoms. The fourth-order valence-corrected chi connectivity index (χ4v) is 2.50. The van der Waals surface area contributed by atoms with Gasteiger partial charge in [0, 0.05) is 25.1 Å². The summed E-state index contributed by atoms with van der Waals surface area (Å²) in [6, 6.07) is 3.02. The standard InChI is InChI=1S/C14H17NO5/c16-13(11-3-4-12(20-11)14(17)18)15(10-1-2-10)7-9-5-6-19-8-9/h3-4,9-10H,1-2,5-8H2,(H,17,18)/t9-/m1/s1. The summed E-state index contributed by atoms with van der Waals surface area (Å²) in [4.78, 5) is 25.1. The molecule has 1 amide bonds. The van der Waals surface area contributed by atoms with E-state index in [4.69, 9.17) is 14.3 Å². The molecule has 2 fully saturated rings. The van der Waals surface area contributed by atoms with Crippen LogP contribution in [0.15, 0.2) is 16.5 Å². The Morgan fingerprint density at radius 3 is 2.55 bits per heavy atom. The topological polar surface area (TPSA) is 80.0 Å². The van der Waals surface area contributed by atoms with Crippen LogP contribution in [0.5, 0.6) is 0 Å². The number of hydrogen-bond acceptors (Lipinski definition) is 4. The zero-order valence-corrected chi connectivity index (χ0v) is 11.1. The predicted molar refractivity (Wildman–Crippen MR) is 68.7 cm³/mol. The van der Waals surface area contributed by atoms with Crippen LogP contribution in [0.1, 0.15) is 40.4 Å². The highest BCUT2D eigenvalue weighted by Gasteiger charge is 2.36. The lowest BCUT2D eigenvalue weighted by Crippen LogP contribution is -2.37. The van der Waals surface area contributed by atoms with E-state index in [2.05, 4.69) is 0 Å². The lowest BCUT2D eigenvalue weighted by atomic mass is 10.1. The van der Waals surface area contributed by atoms with Crippen LogP contribution in [0, 0.1) is 5.92 Å². The number of ether oxygens (including phenoxy) is 1. The van der Waals surface area contributed by atoms with Crippen molar-refractivity contribution in [2.24, 2.45) is 5.92 Å². The molecule has 1 saturated carbocycles. The minimum absolute atomic E-state index is 0.105. The highest BCUT2D eigenvalue weighted by atomic mass is 16.5. The number of carbonyl (C=O) groups excluding carboxylic acids is 1. The largest absolute Gasteiger partial charge is 0.475 e. The number of carboxylic acid groups (broad SMARTS) is 1. The van der Waals surface area contributed by atoms with E-state index in [0.717, 1.165) is 25.9 Å². The minimum atomic E-state index is -1.16. The normalized spacial score (nSPS) is 21.9. The Kier molecular flexibility index (Phi) is 3.48. The van der Waals surface area contributed by atoms with Gasteiger partial charge in [0.1, 0.15) is 0 Å². The molecule has 0 bridgehead atoms. The number of amides is 1. The van der Waals surface area contributed by atoms with Crippen molar-refractivity contribution in [3.8, 4) is 0 Å². The van der Waals surface area contributed by atoms with Gasteiger partial charge in [-0.2, -0.15) is 0 Å². The fraction of sp³-hybridized carbons (Fsp3) is 0.571. The van der Waals surface area contributed by atoms with Gasteiger partial charge >= 0.3 is 5.97 Å². The van der Waals surface area contributed by atoms with Gasteiger partial charge in [0.2, 0.25) is 5.76 Å². The summed E-state index contributed by atoms with van der Waals surface area (Å²) >= 11 is 0. The van der Waals surface area contributed by atoms with Crippen molar-refractivity contribution in [2.75, 3.05) is 19.8 Å². The molecule has 1 atom stereocenters. The summed E-state index contributed by atoms with van der Waals surface area (Å²) in [5.41, 5.74) is 0. The average molecular weight is 279 g/mol. The first kappa shape index (κ1) is 13.2. The highest BCUT2D eigenvalue weighted by Crippen LogP contribution is 2.30. The van der Waals surface area contributed by atoms with Crippen molar-refractivity contribution < 1.29 is 23.8 Å². The molecule has 1 saturated heterocycles. The van der Waals surface area contributed by atoms with Gasteiger partial charge in [-0.15, -0.1) is 0 Å². The maximum absolute atomic E-state index is 12.4. The molecule has 1 aromatic heterocycles. The Morgan fingerprint density at radius 2 is 2.00 bits per heavy atom. The van der Waals surface area contributed by atoms with Crippen molar-refractivity contribution in [1.82, 2.24) is 4.90 Å². The van der Waals surface area contributed by atoms with E-state index in [9.17, 15) is 9.59 Å². The number of aromatic carboxylic acids is 1. The Morgan fingerprint density at radius 1 is 1.25 bits per heavy atom. The molecule has 0 radical (unpaired) electrons. The molecule has 1 aromatic rings. The Balaban J connectivity index is 1.72. The van der Waals surface area contributed by atoms with Crippen LogP contribution in [0.25, 0.3) is 0 Å². The molecule has 2 aliphatic rings. The van der Waals surface area contributed by atoms with Crippen LogP contribution in [-0.2, 0) is 4.74 Å². The molecule has 1 aliphatic carbocycles. The van der Waals surface area contributed by atoms with Crippen LogP contribution >= 0.6 is 0 Å². The third-order valence-electron chi connectivity index (χ3n) is 3.75. The first-order chi connectivity index (χ1) is 9.65. The van der Waals surface area contributed by atoms with Gasteiger partial charge in [-0.3, -0.25) is 4.79 Å². The minimum Gasteiger partial charge on any atom is -0.475 e. The van der Waals surface area contributed by atoms with E-state index in [1.807, 2.05) is 4.90 Å². The van der Waals surface area contributed by atoms with Gasteiger partial charge in [0.05, 0.1) is 6.61 Å². The lowest BCUT2D eigenvalue weighted by molar-refractivity contribution is 0.0637. The van der Waals surface area contributed by atoms with Gasteiger partial charge in [-0.1, -0.05) is 0 Å². The number of carboxylic acids is 1. The SMILES string of the molecule is O=C(O)c1ccc(C(=O)N(C[C@H]2CCOC2)C2CC2)o1. The van der Waals surface area contributed by atoms with Gasteiger partial charge in [0.15, 0.2) is 5.76 Å². The second-order valence-electron chi connectivity index (χ2n) is 5.39. The average Bonchev–Trinajstić information content (AvgIpc) is 2.95. The predicted octanol–water partition coefficient (Wildman–Crippen LogP) is 1.62. The quantitative estimate of drug-likeness (QED) is 0.885. The Labute approximate surface area is 116 Å². The van der Waals surface area contributed by atoms with Gasteiger partial charge in [0.25, 0.3) is 5.91 Å². The van der Waals surface area contributed by atoms with Gasteiger partial charge < -0.3 is 19.2 Å². The zero-order chi connectivity index (χ0) is 14.1. The van der Waals surface area contributed by atoms with Crippen LogP contribution in [-0.4, -0.2) is 47.7 Å². The third-order valence-corrected chi connectivity index (χ3v) is 3.75. The summed E-state index contributed by atoms with van der Waals surface area (Å²) in [6.07, 6.45) is 2.98. The molecule has 1 aliphatic heterocycles. The second-order valence-corrected chi connectivity index (χ2v) is 5.39. The maximum Gasteiger partial charge on any atom is 0.371 e. The van der Waals surface area contributed by atoms with E-state index in [-0.39, 0.29) is 23.5 Å². The zero-order valence-electron chi connectivity index (χ0n) is 11.1. The summed E-state index contributed by atoms with van der Waals surface area (Å²) < 4.78 is 10.4. The summed E-state index contributed by atoms with van der Waals surface area (Å²) in [7, 11) is 0. The molecule has 0 spiro atoms. The molecular weight excluding hydrogens is 262 g/mol. The van der Waals surface area contributed by atoms with Crippen LogP contribution in [0.2, 0.25) is 0 Å². The molecule has 108 valence electrons. The fourth-order valence-electron chi connectivity index (χ4n) is 2.50. The first-order valence-electron chi connectivity index (χ1n) is 6.87. The molecule has 3 rings (SSSR count). The van der Waals surface area contributed by atoms with Crippen molar-refractivity contribution in [3.63, 3.8) is 0 Å². The molecule has 6 nitrogen and oxygen atoms in total. The number of hydrogen-bond donors (Lipinski definition) is 1. The van der Waals surface area contributed by atoms with E-state index in [1.165, 1.54) is 12.1 Å². The monoisotopic (exact) mass is 279 g/mol. The number of furan rings is 1. The summed E-state index contributed by atoms with van der Waals surface area (Å²) in [5.74, 6) is -1.10. The lowest BCUT2D eigenvalue weighted by Gasteiger charge is -2.24. The van der Waals surface area contributed by atoms with E-state index < -0.39 is 5.97 Å². The van der Waals surface area contributed by atoms with Crippen LogP contribution < -0.4 is 0 Å². The van der Waals surface area contributed by atoms with Crippen molar-refractivity contribution in [1.29, 1.82) is 0 Å². The van der Waals surface area contributed by atoms with E-state index in [1.54, 1.807) is 0 Å². The smallest absolute Gasteiger partial charge is 0.371 e. The van der Waals surface area contributed by atoms with E-state index >= 15 is 0 Å². The maximum atomic E-state index is 12.4. The molecule has 0 unspecified atom stereocenters. The first-order valence-corrected chi connectivity index (χ1v) is 6.87. The van der Waals surface area contributed by atoms with Gasteiger partial charge in [-0.05, 0) is 31.4 Å². The number of rotatable bonds is 5. The molecule has 0 aromatic carbocycles. The van der Waals surface area contributed by atoms with Crippen LogP contribution in [0.4, 0.5) is 0 Å². The summed E-state index contributed by atoms with van der Waals surface area (Å²) in [5, 5.41) is 8.83. The second kappa shape index (κ2) is 5.28. The van der Waals surface area contributed by atoms with Crippen molar-refractivity contribution in [2.45, 2.75) is 25.3 Å². The number of carbonyl (C=O) groups is 2. The Bertz CT molecular complexity index is 513. The summed E-state index contributed by atoms with van der Waals surface area (Å²) in [6.45, 7) is 2.10. The molecule has 1 N–H and O–H groups in total. The Hall–Kier alpha value is -1.82. The molecule has 20 heavy (non-hydrogen) atoms. The molecular formula is C14H17NO5. The molecule has 2 heterocycles.